The molecule has 1 aliphatic carbocycles. The molecule has 0 radical (unpaired) electrons. The maximum Gasteiger partial charge on any atom is 0.306 e. The number of aryl methyl sites for hydroxylation is 1. The van der Waals surface area contributed by atoms with E-state index in [1.165, 1.54) is 5.56 Å². The summed E-state index contributed by atoms with van der Waals surface area (Å²) in [4.78, 5) is 11.4. The second kappa shape index (κ2) is 6.41. The van der Waals surface area contributed by atoms with Crippen molar-refractivity contribution >= 4 is 11.8 Å². The molecule has 1 aromatic carbocycles. The zero-order valence-electron chi connectivity index (χ0n) is 11.6. The van der Waals surface area contributed by atoms with Crippen molar-refractivity contribution in [1.29, 1.82) is 0 Å². The topological polar surface area (TPSA) is 84.9 Å². The molecule has 1 fully saturated rings. The Hall–Kier alpha value is -2.04. The van der Waals surface area contributed by atoms with Crippen LogP contribution in [0.3, 0.4) is 0 Å². The number of hydrogen-bond acceptors (Lipinski definition) is 4. The first-order chi connectivity index (χ1) is 9.65. The minimum atomic E-state index is -0.172. The molecule has 0 heterocycles. The van der Waals surface area contributed by atoms with Gasteiger partial charge in [0.15, 0.2) is 5.84 Å². The zero-order chi connectivity index (χ0) is 14.5. The lowest BCUT2D eigenvalue weighted by Gasteiger charge is -2.10. The Labute approximate surface area is 118 Å². The minimum absolute atomic E-state index is 0.115. The van der Waals surface area contributed by atoms with Crippen molar-refractivity contribution < 1.29 is 14.7 Å². The molecule has 5 heteroatoms. The number of esters is 1. The van der Waals surface area contributed by atoms with Crippen molar-refractivity contribution in [3.05, 3.63) is 34.9 Å². The fraction of sp³-hybridized carbons (Fsp3) is 0.467. The van der Waals surface area contributed by atoms with Gasteiger partial charge in [0.05, 0.1) is 6.61 Å². The molecule has 1 saturated carbocycles. The van der Waals surface area contributed by atoms with E-state index in [-0.39, 0.29) is 11.8 Å². The first kappa shape index (κ1) is 14.4. The average molecular weight is 276 g/mol. The predicted octanol–water partition coefficient (Wildman–Crippen LogP) is 2.15. The zero-order valence-corrected chi connectivity index (χ0v) is 11.6. The van der Waals surface area contributed by atoms with E-state index < -0.39 is 0 Å². The summed E-state index contributed by atoms with van der Waals surface area (Å²) in [7, 11) is 0. The van der Waals surface area contributed by atoms with Gasteiger partial charge in [0.1, 0.15) is 0 Å². The summed E-state index contributed by atoms with van der Waals surface area (Å²) < 4.78 is 4.95. The second-order valence-electron chi connectivity index (χ2n) is 4.98. The molecule has 5 nitrogen and oxygen atoms in total. The number of nitrogens with zero attached hydrogens (tertiary/aromatic N) is 1. The maximum atomic E-state index is 11.4. The predicted molar refractivity (Wildman–Crippen MR) is 75.9 cm³/mol. The van der Waals surface area contributed by atoms with Crippen molar-refractivity contribution in [2.45, 2.75) is 38.5 Å². The van der Waals surface area contributed by atoms with Crippen LogP contribution in [0.4, 0.5) is 0 Å². The molecule has 0 spiro atoms. The van der Waals surface area contributed by atoms with Gasteiger partial charge >= 0.3 is 5.97 Å². The lowest BCUT2D eigenvalue weighted by Crippen LogP contribution is -2.14. The summed E-state index contributed by atoms with van der Waals surface area (Å²) in [5.41, 5.74) is 8.69. The monoisotopic (exact) mass is 276 g/mol. The van der Waals surface area contributed by atoms with Crippen LogP contribution in [0.1, 0.15) is 48.8 Å². The molecule has 1 aliphatic rings. The van der Waals surface area contributed by atoms with Gasteiger partial charge < -0.3 is 15.7 Å². The van der Waals surface area contributed by atoms with Gasteiger partial charge in [0.2, 0.25) is 0 Å². The molecule has 0 bridgehead atoms. The molecular formula is C15H20N2O3. The highest BCUT2D eigenvalue weighted by Crippen LogP contribution is 2.42. The van der Waals surface area contributed by atoms with E-state index in [1.807, 2.05) is 18.2 Å². The molecule has 0 amide bonds. The number of oxime groups is 1. The SMILES string of the molecule is CCOC(=O)CCc1ccc(/C(N)=N/O)cc1C1CC1. The third-order valence-corrected chi connectivity index (χ3v) is 3.47. The van der Waals surface area contributed by atoms with Gasteiger partial charge in [-0.05, 0) is 49.3 Å². The standard InChI is InChI=1S/C15H20N2O3/c1-2-20-14(18)8-7-11-5-6-12(15(16)17-19)9-13(11)10-3-4-10/h5-6,9-10,19H,2-4,7-8H2,1H3,(H2,16,17). The molecular weight excluding hydrogens is 256 g/mol. The van der Waals surface area contributed by atoms with Gasteiger partial charge in [-0.25, -0.2) is 0 Å². The van der Waals surface area contributed by atoms with Crippen LogP contribution in [-0.4, -0.2) is 23.6 Å². The van der Waals surface area contributed by atoms with Gasteiger partial charge in [0.25, 0.3) is 0 Å². The summed E-state index contributed by atoms with van der Waals surface area (Å²) >= 11 is 0. The number of carbonyl (C=O) groups is 1. The molecule has 0 aromatic heterocycles. The Bertz CT molecular complexity index is 522. The quantitative estimate of drug-likeness (QED) is 0.274. The van der Waals surface area contributed by atoms with Crippen molar-refractivity contribution in [2.24, 2.45) is 10.9 Å². The number of rotatable bonds is 6. The summed E-state index contributed by atoms with van der Waals surface area (Å²) in [6, 6.07) is 5.74. The summed E-state index contributed by atoms with van der Waals surface area (Å²) in [5, 5.41) is 11.8. The van der Waals surface area contributed by atoms with E-state index in [2.05, 4.69) is 5.16 Å². The third kappa shape index (κ3) is 3.50. The molecule has 1 aromatic rings. The number of ether oxygens (including phenoxy) is 1. The highest BCUT2D eigenvalue weighted by molar-refractivity contribution is 5.97. The molecule has 2 rings (SSSR count). The number of benzene rings is 1. The Morgan fingerprint density at radius 2 is 2.25 bits per heavy atom. The Morgan fingerprint density at radius 1 is 1.50 bits per heavy atom. The molecule has 3 N–H and O–H groups in total. The van der Waals surface area contributed by atoms with Gasteiger partial charge in [-0.15, -0.1) is 0 Å². The first-order valence-corrected chi connectivity index (χ1v) is 6.92. The van der Waals surface area contributed by atoms with Crippen LogP contribution in [0, 0.1) is 0 Å². The summed E-state index contributed by atoms with van der Waals surface area (Å²) in [6.07, 6.45) is 3.37. The largest absolute Gasteiger partial charge is 0.466 e. The fourth-order valence-electron chi connectivity index (χ4n) is 2.28. The Morgan fingerprint density at radius 3 is 2.85 bits per heavy atom. The van der Waals surface area contributed by atoms with Crippen molar-refractivity contribution in [3.63, 3.8) is 0 Å². The van der Waals surface area contributed by atoms with Gasteiger partial charge in [-0.1, -0.05) is 17.3 Å². The lowest BCUT2D eigenvalue weighted by atomic mass is 9.96. The second-order valence-corrected chi connectivity index (χ2v) is 4.98. The van der Waals surface area contributed by atoms with Gasteiger partial charge in [0, 0.05) is 12.0 Å². The smallest absolute Gasteiger partial charge is 0.306 e. The minimum Gasteiger partial charge on any atom is -0.466 e. The highest BCUT2D eigenvalue weighted by atomic mass is 16.5. The van der Waals surface area contributed by atoms with Gasteiger partial charge in [-0.3, -0.25) is 4.79 Å². The van der Waals surface area contributed by atoms with Crippen LogP contribution in [0.2, 0.25) is 0 Å². The van der Waals surface area contributed by atoms with E-state index >= 15 is 0 Å². The third-order valence-electron chi connectivity index (χ3n) is 3.47. The van der Waals surface area contributed by atoms with Crippen LogP contribution >= 0.6 is 0 Å². The van der Waals surface area contributed by atoms with Crippen LogP contribution in [0.25, 0.3) is 0 Å². The summed E-state index contributed by atoms with van der Waals surface area (Å²) in [5.74, 6) is 0.484. The van der Waals surface area contributed by atoms with Crippen molar-refractivity contribution in [3.8, 4) is 0 Å². The Balaban J connectivity index is 2.14. The molecule has 0 unspecified atom stereocenters. The lowest BCUT2D eigenvalue weighted by molar-refractivity contribution is -0.143. The number of nitrogens with two attached hydrogens (primary N) is 1. The van der Waals surface area contributed by atoms with Crippen LogP contribution in [0.5, 0.6) is 0 Å². The molecule has 0 atom stereocenters. The molecule has 0 aliphatic heterocycles. The maximum absolute atomic E-state index is 11.4. The van der Waals surface area contributed by atoms with Crippen molar-refractivity contribution in [2.75, 3.05) is 6.61 Å². The highest BCUT2D eigenvalue weighted by Gasteiger charge is 2.26. The number of carbonyl (C=O) groups excluding carboxylic acids is 1. The van der Waals surface area contributed by atoms with E-state index in [4.69, 9.17) is 15.7 Å². The summed E-state index contributed by atoms with van der Waals surface area (Å²) in [6.45, 7) is 2.22. The van der Waals surface area contributed by atoms with E-state index in [0.29, 0.717) is 30.9 Å². The number of amidine groups is 1. The molecule has 108 valence electrons. The molecule has 0 saturated heterocycles. The van der Waals surface area contributed by atoms with E-state index in [9.17, 15) is 4.79 Å². The van der Waals surface area contributed by atoms with Crippen LogP contribution in [-0.2, 0) is 16.0 Å². The first-order valence-electron chi connectivity index (χ1n) is 6.92. The normalized spacial score (nSPS) is 15.2. The van der Waals surface area contributed by atoms with Crippen molar-refractivity contribution in [1.82, 2.24) is 0 Å². The van der Waals surface area contributed by atoms with Crippen LogP contribution < -0.4 is 5.73 Å². The van der Waals surface area contributed by atoms with E-state index in [0.717, 1.165) is 18.4 Å². The fourth-order valence-corrected chi connectivity index (χ4v) is 2.28. The average Bonchev–Trinajstić information content (AvgIpc) is 3.29. The molecule has 20 heavy (non-hydrogen) atoms. The van der Waals surface area contributed by atoms with Gasteiger partial charge in [-0.2, -0.15) is 0 Å². The van der Waals surface area contributed by atoms with Crippen LogP contribution in [0.15, 0.2) is 23.4 Å². The Kier molecular flexibility index (Phi) is 4.61. The number of hydrogen-bond donors (Lipinski definition) is 2. The van der Waals surface area contributed by atoms with E-state index in [1.54, 1.807) is 6.92 Å².